The topological polar surface area (TPSA) is 35.5 Å². The number of hydrogen-bond donors (Lipinski definition) is 0. The summed E-state index contributed by atoms with van der Waals surface area (Å²) in [5.41, 5.74) is 3.05. The number of allylic oxidation sites excluding steroid dienone is 1. The van der Waals surface area contributed by atoms with E-state index in [0.29, 0.717) is 5.56 Å². The van der Waals surface area contributed by atoms with E-state index in [4.69, 9.17) is 9.47 Å². The van der Waals surface area contributed by atoms with Crippen LogP contribution < -0.4 is 4.74 Å². The number of aryl methyl sites for hydroxylation is 1. The zero-order valence-electron chi connectivity index (χ0n) is 16.0. The van der Waals surface area contributed by atoms with Crippen molar-refractivity contribution < 1.29 is 18.7 Å². The number of methoxy groups -OCH3 is 2. The van der Waals surface area contributed by atoms with E-state index in [1.165, 1.54) is 24.9 Å². The Hall–Kier alpha value is -2.53. The Kier molecular flexibility index (Phi) is 7.25. The van der Waals surface area contributed by atoms with Gasteiger partial charge in [0.1, 0.15) is 11.6 Å². The highest BCUT2D eigenvalue weighted by Crippen LogP contribution is 2.39. The van der Waals surface area contributed by atoms with Gasteiger partial charge in [0.25, 0.3) is 0 Å². The van der Waals surface area contributed by atoms with E-state index in [0.717, 1.165) is 32.3 Å². The minimum atomic E-state index is -0.355. The predicted molar refractivity (Wildman–Crippen MR) is 110 cm³/mol. The van der Waals surface area contributed by atoms with E-state index >= 15 is 0 Å². The van der Waals surface area contributed by atoms with E-state index < -0.39 is 0 Å². The third kappa shape index (κ3) is 5.47. The molecule has 0 bridgehead atoms. The molecule has 142 valence electrons. The summed E-state index contributed by atoms with van der Waals surface area (Å²) < 4.78 is 24.0. The second-order valence-corrected chi connectivity index (χ2v) is 7.21. The lowest BCUT2D eigenvalue weighted by molar-refractivity contribution is -0.139. The van der Waals surface area contributed by atoms with Crippen LogP contribution in [0.15, 0.2) is 53.9 Å². The van der Waals surface area contributed by atoms with Crippen LogP contribution in [0.25, 0.3) is 10.5 Å². The minimum Gasteiger partial charge on any atom is -0.497 e. The average molecular weight is 386 g/mol. The van der Waals surface area contributed by atoms with Crippen molar-refractivity contribution >= 4 is 28.2 Å². The molecular weight excluding hydrogens is 363 g/mol. The van der Waals surface area contributed by atoms with E-state index in [1.54, 1.807) is 20.1 Å². The highest BCUT2D eigenvalue weighted by atomic mass is 32.2. The zero-order valence-corrected chi connectivity index (χ0v) is 16.8. The molecule has 0 spiro atoms. The van der Waals surface area contributed by atoms with E-state index in [-0.39, 0.29) is 18.2 Å². The molecule has 3 nitrogen and oxygen atoms in total. The first-order chi connectivity index (χ1) is 12.8. The Labute approximate surface area is 163 Å². The molecule has 27 heavy (non-hydrogen) atoms. The number of hydrogen-bond acceptors (Lipinski definition) is 4. The molecule has 2 aromatic rings. The van der Waals surface area contributed by atoms with Gasteiger partial charge in [0.2, 0.25) is 0 Å². The maximum atomic E-state index is 14.0. The van der Waals surface area contributed by atoms with E-state index in [9.17, 15) is 9.18 Å². The average Bonchev–Trinajstić information content (AvgIpc) is 2.68. The number of esters is 1. The number of rotatable bonds is 7. The summed E-state index contributed by atoms with van der Waals surface area (Å²) in [6.07, 6.45) is 0.0949. The van der Waals surface area contributed by atoms with Crippen molar-refractivity contribution in [2.24, 2.45) is 0 Å². The van der Waals surface area contributed by atoms with Crippen LogP contribution in [0.2, 0.25) is 0 Å². The molecule has 5 heteroatoms. The van der Waals surface area contributed by atoms with E-state index in [2.05, 4.69) is 6.58 Å². The van der Waals surface area contributed by atoms with Crippen LogP contribution in [0.5, 0.6) is 5.75 Å². The zero-order chi connectivity index (χ0) is 20.0. The van der Waals surface area contributed by atoms with Gasteiger partial charge in [0.05, 0.1) is 20.6 Å². The number of thioether (sulfide) groups is 1. The Bertz CT molecular complexity index is 870. The normalized spacial score (nSPS) is 11.6. The molecule has 0 atom stereocenters. The molecule has 0 aromatic heterocycles. The maximum Gasteiger partial charge on any atom is 0.310 e. The fourth-order valence-corrected chi connectivity index (χ4v) is 3.43. The van der Waals surface area contributed by atoms with Gasteiger partial charge in [-0.15, -0.1) is 0 Å². The number of carbonyl (C=O) groups is 1. The molecule has 0 amide bonds. The van der Waals surface area contributed by atoms with E-state index in [1.807, 2.05) is 37.3 Å². The Morgan fingerprint density at radius 1 is 1.11 bits per heavy atom. The lowest BCUT2D eigenvalue weighted by Crippen LogP contribution is -2.02. The fraction of sp³-hybridized carbons (Fsp3) is 0.227. The number of carbonyl (C=O) groups excluding carboxylic acids is 1. The van der Waals surface area contributed by atoms with Gasteiger partial charge in [0, 0.05) is 9.81 Å². The summed E-state index contributed by atoms with van der Waals surface area (Å²) >= 11 is 1.39. The lowest BCUT2D eigenvalue weighted by atomic mass is 10.0. The van der Waals surface area contributed by atoms with Crippen LogP contribution >= 0.6 is 11.8 Å². The van der Waals surface area contributed by atoms with Gasteiger partial charge in [-0.25, -0.2) is 4.39 Å². The van der Waals surface area contributed by atoms with Crippen molar-refractivity contribution in [3.8, 4) is 5.75 Å². The second kappa shape index (κ2) is 9.42. The quantitative estimate of drug-likeness (QED) is 0.560. The Morgan fingerprint density at radius 2 is 1.74 bits per heavy atom. The van der Waals surface area contributed by atoms with Crippen molar-refractivity contribution in [2.75, 3.05) is 14.2 Å². The van der Waals surface area contributed by atoms with Crippen molar-refractivity contribution in [3.05, 3.63) is 76.5 Å². The molecule has 0 saturated heterocycles. The van der Waals surface area contributed by atoms with Crippen molar-refractivity contribution in [1.82, 2.24) is 0 Å². The van der Waals surface area contributed by atoms with Crippen LogP contribution in [0, 0.1) is 12.7 Å². The molecule has 0 unspecified atom stereocenters. The first-order valence-electron chi connectivity index (χ1n) is 8.40. The molecular formula is C22H23FO3S. The molecule has 0 radical (unpaired) electrons. The largest absolute Gasteiger partial charge is 0.497 e. The van der Waals surface area contributed by atoms with Crippen LogP contribution in [0.1, 0.15) is 30.0 Å². The van der Waals surface area contributed by atoms with Gasteiger partial charge in [-0.2, -0.15) is 0 Å². The first kappa shape index (κ1) is 20.8. The van der Waals surface area contributed by atoms with Crippen molar-refractivity contribution in [1.29, 1.82) is 0 Å². The number of ether oxygens (including phenoxy) is 2. The highest BCUT2D eigenvalue weighted by molar-refractivity contribution is 8.11. The second-order valence-electron chi connectivity index (χ2n) is 6.02. The molecule has 2 rings (SSSR count). The molecule has 0 fully saturated rings. The van der Waals surface area contributed by atoms with Gasteiger partial charge < -0.3 is 9.47 Å². The minimum absolute atomic E-state index is 0.0949. The van der Waals surface area contributed by atoms with Crippen molar-refractivity contribution in [2.45, 2.75) is 20.3 Å². The molecule has 0 aliphatic carbocycles. The predicted octanol–water partition coefficient (Wildman–Crippen LogP) is 5.84. The lowest BCUT2D eigenvalue weighted by Gasteiger charge is -2.14. The third-order valence-corrected chi connectivity index (χ3v) is 5.39. The summed E-state index contributed by atoms with van der Waals surface area (Å²) in [6, 6.07) is 12.6. The SMILES string of the molecule is C=C(S/C(CC(=O)OC)=C(\C)c1ccc(C)c(F)c1)c1ccc(OC)cc1. The van der Waals surface area contributed by atoms with Crippen LogP contribution in [-0.4, -0.2) is 20.2 Å². The van der Waals surface area contributed by atoms with Crippen molar-refractivity contribution in [3.63, 3.8) is 0 Å². The number of benzene rings is 2. The monoisotopic (exact) mass is 386 g/mol. The molecule has 2 aromatic carbocycles. The van der Waals surface area contributed by atoms with Gasteiger partial charge in [-0.3, -0.25) is 4.79 Å². The van der Waals surface area contributed by atoms with Gasteiger partial charge in [-0.1, -0.05) is 42.6 Å². The summed E-state index contributed by atoms with van der Waals surface area (Å²) in [5, 5.41) is 0. The molecule has 0 N–H and O–H groups in total. The van der Waals surface area contributed by atoms with Gasteiger partial charge >= 0.3 is 5.97 Å². The Balaban J connectivity index is 2.35. The molecule has 0 heterocycles. The summed E-state index contributed by atoms with van der Waals surface area (Å²) in [7, 11) is 2.96. The molecule has 0 aliphatic rings. The number of halogens is 1. The molecule has 0 aliphatic heterocycles. The highest BCUT2D eigenvalue weighted by Gasteiger charge is 2.15. The summed E-state index contributed by atoms with van der Waals surface area (Å²) in [6.45, 7) is 7.71. The smallest absolute Gasteiger partial charge is 0.310 e. The van der Waals surface area contributed by atoms with Gasteiger partial charge in [0.15, 0.2) is 0 Å². The Morgan fingerprint density at radius 3 is 2.30 bits per heavy atom. The van der Waals surface area contributed by atoms with Crippen LogP contribution in [-0.2, 0) is 9.53 Å². The maximum absolute atomic E-state index is 14.0. The summed E-state index contributed by atoms with van der Waals surface area (Å²) in [4.78, 5) is 13.4. The third-order valence-electron chi connectivity index (χ3n) is 4.21. The fourth-order valence-electron chi connectivity index (χ4n) is 2.42. The van der Waals surface area contributed by atoms with Crippen LogP contribution in [0.4, 0.5) is 4.39 Å². The standard InChI is InChI=1S/C22H23FO3S/c1-14-6-7-18(12-20(14)23)15(2)21(13-22(24)26-5)27-16(3)17-8-10-19(25-4)11-9-17/h6-12H,3,13H2,1-2,4-5H3/b21-15+. The van der Waals surface area contributed by atoms with Crippen LogP contribution in [0.3, 0.4) is 0 Å². The van der Waals surface area contributed by atoms with Gasteiger partial charge in [-0.05, 0) is 54.3 Å². The summed E-state index contributed by atoms with van der Waals surface area (Å²) in [5.74, 6) is 0.128. The first-order valence-corrected chi connectivity index (χ1v) is 9.21. The molecule has 0 saturated carbocycles.